The summed E-state index contributed by atoms with van der Waals surface area (Å²) in [5, 5.41) is 10.2. The molecular formula is C19H23NO2. The van der Waals surface area contributed by atoms with Gasteiger partial charge in [-0.2, -0.15) is 0 Å². The van der Waals surface area contributed by atoms with Gasteiger partial charge in [0.2, 0.25) is 0 Å². The van der Waals surface area contributed by atoms with Crippen molar-refractivity contribution in [2.24, 2.45) is 0 Å². The molecule has 3 heteroatoms. The summed E-state index contributed by atoms with van der Waals surface area (Å²) in [6, 6.07) is 10.3. The number of benzene rings is 1. The number of pyridine rings is 1. The van der Waals surface area contributed by atoms with Crippen LogP contribution in [0.4, 0.5) is 0 Å². The molecular weight excluding hydrogens is 274 g/mol. The van der Waals surface area contributed by atoms with Crippen molar-refractivity contribution in [3.63, 3.8) is 0 Å². The molecule has 0 bridgehead atoms. The van der Waals surface area contributed by atoms with Crippen LogP contribution >= 0.6 is 0 Å². The van der Waals surface area contributed by atoms with Gasteiger partial charge in [0.25, 0.3) is 5.56 Å². The highest BCUT2D eigenvalue weighted by molar-refractivity contribution is 5.65. The van der Waals surface area contributed by atoms with Gasteiger partial charge >= 0.3 is 0 Å². The van der Waals surface area contributed by atoms with E-state index in [0.29, 0.717) is 5.56 Å². The molecule has 22 heavy (non-hydrogen) atoms. The maximum absolute atomic E-state index is 12.9. The molecule has 1 heterocycles. The number of hydrogen-bond acceptors (Lipinski definition) is 2. The average Bonchev–Trinajstić information content (AvgIpc) is 3.24. The van der Waals surface area contributed by atoms with Gasteiger partial charge < -0.3 is 9.67 Å². The zero-order valence-electron chi connectivity index (χ0n) is 13.7. The molecule has 1 fully saturated rings. The molecule has 3 nitrogen and oxygen atoms in total. The number of aliphatic hydroxyl groups is 1. The maximum Gasteiger partial charge on any atom is 0.257 e. The molecule has 0 atom stereocenters. The van der Waals surface area contributed by atoms with E-state index in [1.54, 1.807) is 19.9 Å². The molecule has 0 radical (unpaired) electrons. The second-order valence-electron chi connectivity index (χ2n) is 6.92. The van der Waals surface area contributed by atoms with Gasteiger partial charge in [-0.1, -0.05) is 17.7 Å². The molecule has 0 aliphatic heterocycles. The van der Waals surface area contributed by atoms with Crippen molar-refractivity contribution in [1.82, 2.24) is 4.57 Å². The number of hydrogen-bond donors (Lipinski definition) is 1. The van der Waals surface area contributed by atoms with Crippen LogP contribution in [0, 0.1) is 13.8 Å². The Morgan fingerprint density at radius 1 is 1.14 bits per heavy atom. The average molecular weight is 297 g/mol. The van der Waals surface area contributed by atoms with Crippen LogP contribution in [0.5, 0.6) is 0 Å². The highest BCUT2D eigenvalue weighted by Crippen LogP contribution is 2.38. The lowest BCUT2D eigenvalue weighted by Gasteiger charge is -2.21. The topological polar surface area (TPSA) is 42.2 Å². The van der Waals surface area contributed by atoms with E-state index in [1.165, 1.54) is 5.56 Å². The van der Waals surface area contributed by atoms with E-state index in [0.717, 1.165) is 29.7 Å². The minimum absolute atomic E-state index is 0.0617. The van der Waals surface area contributed by atoms with Crippen molar-refractivity contribution in [2.75, 3.05) is 0 Å². The van der Waals surface area contributed by atoms with Crippen LogP contribution in [0.3, 0.4) is 0 Å². The highest BCUT2D eigenvalue weighted by Gasteiger charge is 2.31. The molecule has 0 saturated heterocycles. The third-order valence-corrected chi connectivity index (χ3v) is 4.36. The molecule has 1 aliphatic carbocycles. The summed E-state index contributed by atoms with van der Waals surface area (Å²) in [4.78, 5) is 12.9. The van der Waals surface area contributed by atoms with E-state index >= 15 is 0 Å². The third-order valence-electron chi connectivity index (χ3n) is 4.36. The molecule has 1 N–H and O–H groups in total. The first kappa shape index (κ1) is 15.0. The summed E-state index contributed by atoms with van der Waals surface area (Å²) in [6.07, 6.45) is 2.07. The van der Waals surface area contributed by atoms with Crippen LogP contribution in [0.15, 0.2) is 35.1 Å². The van der Waals surface area contributed by atoms with Gasteiger partial charge in [-0.05, 0) is 64.3 Å². The van der Waals surface area contributed by atoms with Gasteiger partial charge in [0, 0.05) is 17.2 Å². The zero-order chi connectivity index (χ0) is 16.1. The molecule has 0 spiro atoms. The van der Waals surface area contributed by atoms with Gasteiger partial charge in [0.1, 0.15) is 0 Å². The fourth-order valence-electron chi connectivity index (χ4n) is 2.95. The lowest BCUT2D eigenvalue weighted by molar-refractivity contribution is 0.0765. The van der Waals surface area contributed by atoms with Crippen LogP contribution in [0.25, 0.3) is 11.3 Å². The second-order valence-corrected chi connectivity index (χ2v) is 6.92. The third kappa shape index (κ3) is 2.61. The molecule has 3 rings (SSSR count). The Hall–Kier alpha value is -1.87. The quantitative estimate of drug-likeness (QED) is 0.938. The first-order chi connectivity index (χ1) is 10.3. The van der Waals surface area contributed by atoms with Gasteiger partial charge in [-0.25, -0.2) is 0 Å². The van der Waals surface area contributed by atoms with Gasteiger partial charge in [-0.15, -0.1) is 0 Å². The Labute approximate surface area is 131 Å². The predicted molar refractivity (Wildman–Crippen MR) is 89.1 cm³/mol. The van der Waals surface area contributed by atoms with E-state index < -0.39 is 5.60 Å². The Kier molecular flexibility index (Phi) is 3.48. The Morgan fingerprint density at radius 2 is 1.82 bits per heavy atom. The van der Waals surface area contributed by atoms with Gasteiger partial charge in [-0.3, -0.25) is 4.79 Å². The van der Waals surface area contributed by atoms with Crippen molar-refractivity contribution < 1.29 is 5.11 Å². The standard InChI is InChI=1S/C19H23NO2/c1-12-5-6-13(2)15(11-12)17-10-9-16(19(3,4)22)18(21)20(17)14-7-8-14/h5-6,9-11,14,22H,7-8H2,1-4H3. The van der Waals surface area contributed by atoms with Gasteiger partial charge in [0.15, 0.2) is 0 Å². The van der Waals surface area contributed by atoms with Crippen molar-refractivity contribution >= 4 is 0 Å². The Bertz CT molecular complexity index is 777. The van der Waals surface area contributed by atoms with Crippen molar-refractivity contribution in [3.8, 4) is 11.3 Å². The number of nitrogens with zero attached hydrogens (tertiary/aromatic N) is 1. The smallest absolute Gasteiger partial charge is 0.257 e. The second kappa shape index (κ2) is 5.10. The van der Waals surface area contributed by atoms with E-state index in [4.69, 9.17) is 0 Å². The van der Waals surface area contributed by atoms with Crippen LogP contribution < -0.4 is 5.56 Å². The molecule has 1 saturated carbocycles. The minimum Gasteiger partial charge on any atom is -0.386 e. The van der Waals surface area contributed by atoms with Crippen LogP contribution in [0.1, 0.15) is 49.4 Å². The molecule has 1 aliphatic rings. The molecule has 1 aromatic carbocycles. The van der Waals surface area contributed by atoms with Crippen LogP contribution in [0.2, 0.25) is 0 Å². The zero-order valence-corrected chi connectivity index (χ0v) is 13.7. The van der Waals surface area contributed by atoms with E-state index in [9.17, 15) is 9.90 Å². The number of aromatic nitrogens is 1. The number of rotatable bonds is 3. The Balaban J connectivity index is 2.27. The summed E-state index contributed by atoms with van der Waals surface area (Å²) >= 11 is 0. The lowest BCUT2D eigenvalue weighted by Crippen LogP contribution is -2.32. The maximum atomic E-state index is 12.9. The summed E-state index contributed by atoms with van der Waals surface area (Å²) in [7, 11) is 0. The first-order valence-electron chi connectivity index (χ1n) is 7.85. The number of aryl methyl sites for hydroxylation is 2. The van der Waals surface area contributed by atoms with Crippen LogP contribution in [-0.2, 0) is 5.60 Å². The summed E-state index contributed by atoms with van der Waals surface area (Å²) < 4.78 is 1.88. The minimum atomic E-state index is -1.12. The fraction of sp³-hybridized carbons (Fsp3) is 0.421. The molecule has 1 aromatic heterocycles. The largest absolute Gasteiger partial charge is 0.386 e. The summed E-state index contributed by atoms with van der Waals surface area (Å²) in [5.41, 5.74) is 3.70. The van der Waals surface area contributed by atoms with E-state index in [1.807, 2.05) is 10.6 Å². The van der Waals surface area contributed by atoms with Gasteiger partial charge in [0.05, 0.1) is 11.3 Å². The SMILES string of the molecule is Cc1ccc(C)c(-c2ccc(C(C)(C)O)c(=O)n2C2CC2)c1. The van der Waals surface area contributed by atoms with E-state index in [2.05, 4.69) is 32.0 Å². The highest BCUT2D eigenvalue weighted by atomic mass is 16.3. The monoisotopic (exact) mass is 297 g/mol. The molecule has 2 aromatic rings. The van der Waals surface area contributed by atoms with Crippen molar-refractivity contribution in [2.45, 2.75) is 52.2 Å². The normalized spacial score (nSPS) is 15.1. The first-order valence-corrected chi connectivity index (χ1v) is 7.85. The van der Waals surface area contributed by atoms with Crippen LogP contribution in [-0.4, -0.2) is 9.67 Å². The summed E-state index contributed by atoms with van der Waals surface area (Å²) in [5.74, 6) is 0. The van der Waals surface area contributed by atoms with Crippen molar-refractivity contribution in [1.29, 1.82) is 0 Å². The Morgan fingerprint density at radius 3 is 2.41 bits per heavy atom. The fourth-order valence-corrected chi connectivity index (χ4v) is 2.95. The molecule has 0 amide bonds. The van der Waals surface area contributed by atoms with E-state index in [-0.39, 0.29) is 11.6 Å². The summed E-state index contributed by atoms with van der Waals surface area (Å²) in [6.45, 7) is 7.46. The lowest BCUT2D eigenvalue weighted by atomic mass is 9.97. The molecule has 116 valence electrons. The predicted octanol–water partition coefficient (Wildman–Crippen LogP) is 3.69. The van der Waals surface area contributed by atoms with Crippen molar-refractivity contribution in [3.05, 3.63) is 57.4 Å². The molecule has 0 unspecified atom stereocenters.